The number of nitrogens with zero attached hydrogens (tertiary/aromatic N) is 1. The number of aryl methyl sites for hydroxylation is 1. The van der Waals surface area contributed by atoms with Crippen LogP contribution in [0.5, 0.6) is 5.88 Å². The Kier molecular flexibility index (Phi) is 7.40. The molecule has 0 aliphatic rings. The van der Waals surface area contributed by atoms with Crippen LogP contribution in [0.4, 0.5) is 26.3 Å². The van der Waals surface area contributed by atoms with E-state index in [2.05, 4.69) is 9.72 Å². The first-order valence-corrected chi connectivity index (χ1v) is 9.97. The first-order valence-electron chi connectivity index (χ1n) is 9.97. The lowest BCUT2D eigenvalue weighted by atomic mass is 9.97. The van der Waals surface area contributed by atoms with Crippen LogP contribution in [-0.2, 0) is 12.6 Å². The Balaban J connectivity index is 1.55. The monoisotopic (exact) mass is 467 g/mol. The Hall–Kier alpha value is -3.36. The van der Waals surface area contributed by atoms with Crippen LogP contribution in [0.25, 0.3) is 11.1 Å². The molecule has 0 atom stereocenters. The van der Waals surface area contributed by atoms with Crippen LogP contribution >= 0.6 is 0 Å². The number of carbonyl (C=O) groups is 1. The molecule has 1 heterocycles. The van der Waals surface area contributed by atoms with Crippen molar-refractivity contribution in [1.82, 2.24) is 4.98 Å². The van der Waals surface area contributed by atoms with E-state index in [0.717, 1.165) is 17.2 Å². The van der Waals surface area contributed by atoms with Crippen LogP contribution in [0.2, 0.25) is 0 Å². The average Bonchev–Trinajstić information content (AvgIpc) is 2.77. The molecule has 0 saturated carbocycles. The van der Waals surface area contributed by atoms with E-state index < -0.39 is 30.3 Å². The van der Waals surface area contributed by atoms with Gasteiger partial charge in [0.25, 0.3) is 0 Å². The highest BCUT2D eigenvalue weighted by Crippen LogP contribution is 2.32. The Morgan fingerprint density at radius 3 is 2.12 bits per heavy atom. The number of rotatable bonds is 8. The second-order valence-electron chi connectivity index (χ2n) is 7.31. The molecule has 3 aromatic rings. The van der Waals surface area contributed by atoms with Gasteiger partial charge in [-0.05, 0) is 36.1 Å². The van der Waals surface area contributed by atoms with E-state index in [-0.39, 0.29) is 17.9 Å². The molecule has 3 nitrogen and oxygen atoms in total. The molecule has 0 N–H and O–H groups in total. The molecular formula is C24H19F6NO2. The molecule has 2 aromatic carbocycles. The van der Waals surface area contributed by atoms with E-state index in [1.54, 1.807) is 18.2 Å². The van der Waals surface area contributed by atoms with Gasteiger partial charge in [-0.25, -0.2) is 4.98 Å². The molecule has 1 aromatic heterocycles. The van der Waals surface area contributed by atoms with Crippen molar-refractivity contribution < 1.29 is 35.9 Å². The van der Waals surface area contributed by atoms with Crippen LogP contribution < -0.4 is 4.74 Å². The summed E-state index contributed by atoms with van der Waals surface area (Å²) in [5.41, 5.74) is 1.11. The minimum atomic E-state index is -4.58. The van der Waals surface area contributed by atoms with Gasteiger partial charge in [-0.15, -0.1) is 0 Å². The molecule has 9 heteroatoms. The first kappa shape index (κ1) is 24.3. The number of ketones is 1. The number of halogens is 6. The van der Waals surface area contributed by atoms with Crippen LogP contribution in [0.3, 0.4) is 0 Å². The summed E-state index contributed by atoms with van der Waals surface area (Å²) in [6.07, 6.45) is -6.75. The van der Waals surface area contributed by atoms with Gasteiger partial charge in [0.15, 0.2) is 12.4 Å². The summed E-state index contributed by atoms with van der Waals surface area (Å²) in [4.78, 5) is 16.2. The summed E-state index contributed by atoms with van der Waals surface area (Å²) >= 11 is 0. The van der Waals surface area contributed by atoms with E-state index >= 15 is 0 Å². The fourth-order valence-electron chi connectivity index (χ4n) is 3.22. The third-order valence-corrected chi connectivity index (χ3v) is 4.81. The smallest absolute Gasteiger partial charge is 0.422 e. The van der Waals surface area contributed by atoms with Crippen molar-refractivity contribution >= 4 is 5.78 Å². The van der Waals surface area contributed by atoms with E-state index in [1.807, 2.05) is 12.1 Å². The average molecular weight is 467 g/mol. The normalized spacial score (nSPS) is 11.9. The molecule has 0 saturated heterocycles. The topological polar surface area (TPSA) is 39.2 Å². The van der Waals surface area contributed by atoms with Gasteiger partial charge in [0.2, 0.25) is 5.88 Å². The van der Waals surface area contributed by atoms with Crippen LogP contribution in [0.15, 0.2) is 66.9 Å². The summed E-state index contributed by atoms with van der Waals surface area (Å²) in [6, 6.07) is 14.9. The predicted octanol–water partition coefficient (Wildman–Crippen LogP) is 6.91. The lowest BCUT2D eigenvalue weighted by Crippen LogP contribution is -2.19. The minimum Gasteiger partial charge on any atom is -0.468 e. The van der Waals surface area contributed by atoms with Gasteiger partial charge in [0.05, 0.1) is 5.56 Å². The third-order valence-electron chi connectivity index (χ3n) is 4.81. The van der Waals surface area contributed by atoms with Crippen molar-refractivity contribution in [1.29, 1.82) is 0 Å². The van der Waals surface area contributed by atoms with Crippen LogP contribution in [0, 0.1) is 0 Å². The highest BCUT2D eigenvalue weighted by Gasteiger charge is 2.34. The van der Waals surface area contributed by atoms with Gasteiger partial charge in [-0.2, -0.15) is 26.3 Å². The Labute approximate surface area is 186 Å². The van der Waals surface area contributed by atoms with Gasteiger partial charge >= 0.3 is 12.4 Å². The van der Waals surface area contributed by atoms with Crippen molar-refractivity contribution in [3.63, 3.8) is 0 Å². The number of hydrogen-bond acceptors (Lipinski definition) is 3. The van der Waals surface area contributed by atoms with E-state index in [9.17, 15) is 31.1 Å². The highest BCUT2D eigenvalue weighted by atomic mass is 19.4. The van der Waals surface area contributed by atoms with E-state index in [1.165, 1.54) is 30.5 Å². The number of alkyl halides is 6. The fraction of sp³-hybridized carbons (Fsp3) is 0.250. The first-order chi connectivity index (χ1) is 15.5. The maximum atomic E-state index is 13.1. The maximum absolute atomic E-state index is 13.1. The second-order valence-corrected chi connectivity index (χ2v) is 7.31. The quantitative estimate of drug-likeness (QED) is 0.267. The molecular weight excluding hydrogens is 448 g/mol. The van der Waals surface area contributed by atoms with Gasteiger partial charge in [-0.3, -0.25) is 4.79 Å². The molecule has 0 amide bonds. The molecule has 0 fully saturated rings. The number of aromatic nitrogens is 1. The van der Waals surface area contributed by atoms with Gasteiger partial charge in [0, 0.05) is 29.8 Å². The second kappa shape index (κ2) is 10.1. The molecule has 0 aliphatic carbocycles. The predicted molar refractivity (Wildman–Crippen MR) is 110 cm³/mol. The summed E-state index contributed by atoms with van der Waals surface area (Å²) < 4.78 is 80.4. The molecule has 33 heavy (non-hydrogen) atoms. The lowest BCUT2D eigenvalue weighted by molar-refractivity contribution is -0.154. The Morgan fingerprint density at radius 1 is 0.848 bits per heavy atom. The molecule has 0 aliphatic heterocycles. The number of pyridine rings is 1. The Bertz CT molecular complexity index is 1070. The van der Waals surface area contributed by atoms with Gasteiger partial charge in [0.1, 0.15) is 0 Å². The number of ether oxygens (including phenoxy) is 1. The summed E-state index contributed by atoms with van der Waals surface area (Å²) in [5, 5.41) is 0. The molecule has 3 rings (SSSR count). The van der Waals surface area contributed by atoms with Crippen LogP contribution in [-0.4, -0.2) is 23.6 Å². The number of hydrogen-bond donors (Lipinski definition) is 0. The summed E-state index contributed by atoms with van der Waals surface area (Å²) in [6.45, 7) is -1.42. The largest absolute Gasteiger partial charge is 0.468 e. The fourth-order valence-corrected chi connectivity index (χ4v) is 3.22. The molecule has 0 spiro atoms. The van der Waals surface area contributed by atoms with Crippen molar-refractivity contribution in [2.75, 3.05) is 6.61 Å². The molecule has 174 valence electrons. The van der Waals surface area contributed by atoms with Crippen molar-refractivity contribution in [2.24, 2.45) is 0 Å². The molecule has 0 bridgehead atoms. The molecule has 0 radical (unpaired) electrons. The number of carbonyl (C=O) groups excluding carboxylic acids is 1. The summed E-state index contributed by atoms with van der Waals surface area (Å²) in [5.74, 6) is -0.692. The number of benzene rings is 2. The Morgan fingerprint density at radius 2 is 1.52 bits per heavy atom. The minimum absolute atomic E-state index is 0.0157. The van der Waals surface area contributed by atoms with Crippen molar-refractivity contribution in [2.45, 2.75) is 31.6 Å². The zero-order chi connectivity index (χ0) is 24.1. The van der Waals surface area contributed by atoms with Crippen molar-refractivity contribution in [3.8, 4) is 17.0 Å². The molecule has 0 unspecified atom stereocenters. The van der Waals surface area contributed by atoms with Gasteiger partial charge in [-0.1, -0.05) is 42.5 Å². The maximum Gasteiger partial charge on any atom is 0.422 e. The summed E-state index contributed by atoms with van der Waals surface area (Å²) in [7, 11) is 0. The SMILES string of the molecule is O=C(CCCc1ccc(-c2ccc(OCC(F)(F)F)nc2)cc1)c1ccccc1C(F)(F)F. The lowest BCUT2D eigenvalue weighted by Gasteiger charge is -2.11. The van der Waals surface area contributed by atoms with Crippen LogP contribution in [0.1, 0.15) is 34.3 Å². The highest BCUT2D eigenvalue weighted by molar-refractivity contribution is 5.97. The number of Topliss-reactive ketones (excluding diaryl/α,β-unsaturated/α-hetero) is 1. The van der Waals surface area contributed by atoms with E-state index in [0.29, 0.717) is 18.4 Å². The standard InChI is InChI=1S/C24H19F6NO2/c25-23(26,27)15-33-22-13-12-18(14-31-22)17-10-8-16(9-11-17)4-3-7-21(32)19-5-1-2-6-20(19)24(28,29)30/h1-2,5-6,8-14H,3-4,7,15H2. The van der Waals surface area contributed by atoms with Gasteiger partial charge < -0.3 is 4.74 Å². The van der Waals surface area contributed by atoms with E-state index in [4.69, 9.17) is 0 Å². The zero-order valence-electron chi connectivity index (χ0n) is 17.2. The zero-order valence-corrected chi connectivity index (χ0v) is 17.2. The van der Waals surface area contributed by atoms with Crippen molar-refractivity contribution in [3.05, 3.63) is 83.6 Å². The third kappa shape index (κ3) is 7.06.